The summed E-state index contributed by atoms with van der Waals surface area (Å²) < 4.78 is 6.45. The van der Waals surface area contributed by atoms with Gasteiger partial charge in [0.1, 0.15) is 18.0 Å². The largest absolute Gasteiger partial charge is 0.384 e. The Morgan fingerprint density at radius 3 is 3.22 bits per heavy atom. The number of unbranched alkanes of at least 4 members (excludes halogenated alkanes) is 1. The number of amides is 1. The van der Waals surface area contributed by atoms with E-state index in [4.69, 9.17) is 10.5 Å². The van der Waals surface area contributed by atoms with E-state index >= 15 is 0 Å². The number of hydrogen-bond acceptors (Lipinski definition) is 6. The zero-order valence-corrected chi connectivity index (χ0v) is 15.9. The lowest BCUT2D eigenvalue weighted by atomic mass is 9.73. The number of carbonyl (C=O) groups is 1. The van der Waals surface area contributed by atoms with Gasteiger partial charge < -0.3 is 20.7 Å². The van der Waals surface area contributed by atoms with Gasteiger partial charge in [-0.25, -0.2) is 9.97 Å². The number of nitrogens with two attached hydrogens (primary N) is 1. The van der Waals surface area contributed by atoms with Crippen LogP contribution in [0.25, 0.3) is 0 Å². The zero-order chi connectivity index (χ0) is 18.9. The highest BCUT2D eigenvalue weighted by Crippen LogP contribution is 2.55. The number of nitrogens with zero attached hydrogens (tertiary/aromatic N) is 3. The Bertz CT molecular complexity index is 724. The predicted octanol–water partition coefficient (Wildman–Crippen LogP) is 1.91. The minimum atomic E-state index is -0.0916. The molecule has 27 heavy (non-hydrogen) atoms. The van der Waals surface area contributed by atoms with Crippen molar-refractivity contribution in [3.63, 3.8) is 0 Å². The van der Waals surface area contributed by atoms with Crippen molar-refractivity contribution >= 4 is 17.5 Å². The van der Waals surface area contributed by atoms with Crippen LogP contribution in [0, 0.1) is 11.8 Å². The van der Waals surface area contributed by atoms with Crippen LogP contribution in [0.4, 0.5) is 11.6 Å². The van der Waals surface area contributed by atoms with Crippen molar-refractivity contribution in [3.8, 4) is 0 Å². The third kappa shape index (κ3) is 3.52. The van der Waals surface area contributed by atoms with Crippen LogP contribution in [-0.2, 0) is 9.53 Å². The molecule has 3 fully saturated rings. The van der Waals surface area contributed by atoms with Crippen molar-refractivity contribution < 1.29 is 9.53 Å². The van der Waals surface area contributed by atoms with E-state index < -0.39 is 0 Å². The van der Waals surface area contributed by atoms with Gasteiger partial charge in [0.2, 0.25) is 5.91 Å². The molecule has 3 aliphatic heterocycles. The number of fused-ring (bicyclic) bond motifs is 1. The van der Waals surface area contributed by atoms with E-state index in [0.29, 0.717) is 30.6 Å². The van der Waals surface area contributed by atoms with Gasteiger partial charge in [-0.15, -0.1) is 0 Å². The summed E-state index contributed by atoms with van der Waals surface area (Å²) in [7, 11) is 0. The molecular weight excluding hydrogens is 342 g/mol. The zero-order valence-electron chi connectivity index (χ0n) is 15.9. The normalized spacial score (nSPS) is 31.6. The number of ether oxygens (including phenoxy) is 1. The lowest BCUT2D eigenvalue weighted by molar-refractivity contribution is -0.121. The first-order valence-corrected chi connectivity index (χ1v) is 9.99. The maximum absolute atomic E-state index is 12.2. The molecule has 0 aliphatic carbocycles. The molecule has 1 spiro atoms. The maximum atomic E-state index is 12.2. The Hall–Kier alpha value is -2.15. The predicted molar refractivity (Wildman–Crippen MR) is 104 cm³/mol. The minimum Gasteiger partial charge on any atom is -0.384 e. The van der Waals surface area contributed by atoms with Crippen molar-refractivity contribution in [2.24, 2.45) is 11.8 Å². The molecule has 3 saturated heterocycles. The summed E-state index contributed by atoms with van der Waals surface area (Å²) in [6.07, 6.45) is 10.5. The van der Waals surface area contributed by atoms with Gasteiger partial charge in [-0.05, 0) is 32.6 Å². The number of hydrogen-bond donors (Lipinski definition) is 2. The van der Waals surface area contributed by atoms with E-state index in [9.17, 15) is 4.79 Å². The van der Waals surface area contributed by atoms with Crippen LogP contribution in [0.1, 0.15) is 39.0 Å². The standard InChI is InChI=1S/C20H29N5O2/c1-2-3-4-5-6-19(26)22-10-14-15-11-25(18-9-17(21)23-13-24-18)12-20(15)8-7-16(14)27-20/h2-3,9,13-16H,4-8,10-12H2,1H3,(H,22,26)(H2,21,23,24)/b3-2+/t14-,15+,16+,20+/m0/s1. The van der Waals surface area contributed by atoms with E-state index in [1.165, 1.54) is 6.33 Å². The van der Waals surface area contributed by atoms with Crippen LogP contribution < -0.4 is 16.0 Å². The topological polar surface area (TPSA) is 93.4 Å². The van der Waals surface area contributed by atoms with E-state index in [1.54, 1.807) is 0 Å². The minimum absolute atomic E-state index is 0.0916. The van der Waals surface area contributed by atoms with Crippen LogP contribution in [0.15, 0.2) is 24.5 Å². The SMILES string of the molecule is C/C=C/CCCC(=O)NC[C@H]1[C@H]2CN(c3cc(N)ncn3)C[C@]23CC[C@H]1O3. The maximum Gasteiger partial charge on any atom is 0.220 e. The van der Waals surface area contributed by atoms with Gasteiger partial charge in [-0.3, -0.25) is 4.79 Å². The second-order valence-corrected chi connectivity index (χ2v) is 7.98. The summed E-state index contributed by atoms with van der Waals surface area (Å²) in [5.74, 6) is 2.31. The highest BCUT2D eigenvalue weighted by molar-refractivity contribution is 5.75. The smallest absolute Gasteiger partial charge is 0.220 e. The van der Waals surface area contributed by atoms with Gasteiger partial charge in [0.15, 0.2) is 0 Å². The van der Waals surface area contributed by atoms with Gasteiger partial charge in [0, 0.05) is 44.0 Å². The van der Waals surface area contributed by atoms with Crippen LogP contribution in [0.2, 0.25) is 0 Å². The van der Waals surface area contributed by atoms with Crippen molar-refractivity contribution in [2.75, 3.05) is 30.3 Å². The fourth-order valence-corrected chi connectivity index (χ4v) is 5.04. The van der Waals surface area contributed by atoms with Gasteiger partial charge in [0.25, 0.3) is 0 Å². The number of carbonyl (C=O) groups excluding carboxylic acids is 1. The summed E-state index contributed by atoms with van der Waals surface area (Å²) in [6, 6.07) is 1.83. The molecule has 4 atom stereocenters. The molecule has 1 amide bonds. The molecule has 1 aromatic rings. The number of rotatable bonds is 7. The lowest BCUT2D eigenvalue weighted by Crippen LogP contribution is -2.41. The Balaban J connectivity index is 1.36. The highest BCUT2D eigenvalue weighted by Gasteiger charge is 2.63. The molecule has 1 aromatic heterocycles. The molecule has 3 N–H and O–H groups in total. The number of anilines is 2. The Kier molecular flexibility index (Phi) is 5.04. The van der Waals surface area contributed by atoms with Crippen molar-refractivity contribution in [1.29, 1.82) is 0 Å². The van der Waals surface area contributed by atoms with E-state index in [1.807, 2.05) is 19.1 Å². The van der Waals surface area contributed by atoms with Crippen LogP contribution in [0.5, 0.6) is 0 Å². The van der Waals surface area contributed by atoms with Crippen molar-refractivity contribution in [1.82, 2.24) is 15.3 Å². The summed E-state index contributed by atoms with van der Waals surface area (Å²) in [5.41, 5.74) is 5.73. The first-order valence-electron chi connectivity index (χ1n) is 9.99. The van der Waals surface area contributed by atoms with Crippen molar-refractivity contribution in [3.05, 3.63) is 24.5 Å². The lowest BCUT2D eigenvalue weighted by Gasteiger charge is -2.29. The molecule has 7 heteroatoms. The summed E-state index contributed by atoms with van der Waals surface area (Å²) in [4.78, 5) is 22.8. The van der Waals surface area contributed by atoms with Gasteiger partial charge in [0.05, 0.1) is 11.7 Å². The molecule has 2 bridgehead atoms. The average Bonchev–Trinajstić information content (AvgIpc) is 3.32. The molecule has 0 radical (unpaired) electrons. The van der Waals surface area contributed by atoms with Crippen LogP contribution in [-0.4, -0.2) is 47.2 Å². The molecule has 7 nitrogen and oxygen atoms in total. The van der Waals surface area contributed by atoms with E-state index in [0.717, 1.165) is 44.6 Å². The molecular formula is C20H29N5O2. The average molecular weight is 371 g/mol. The molecule has 4 heterocycles. The van der Waals surface area contributed by atoms with Gasteiger partial charge in [-0.1, -0.05) is 12.2 Å². The number of aromatic nitrogens is 2. The quantitative estimate of drug-likeness (QED) is 0.562. The molecule has 4 rings (SSSR count). The fourth-order valence-electron chi connectivity index (χ4n) is 5.04. The van der Waals surface area contributed by atoms with Gasteiger partial charge >= 0.3 is 0 Å². The second kappa shape index (κ2) is 7.46. The Morgan fingerprint density at radius 2 is 2.41 bits per heavy atom. The molecule has 0 saturated carbocycles. The molecule has 0 aromatic carbocycles. The monoisotopic (exact) mass is 371 g/mol. The van der Waals surface area contributed by atoms with Crippen LogP contribution >= 0.6 is 0 Å². The summed E-state index contributed by atoms with van der Waals surface area (Å²) >= 11 is 0. The number of allylic oxidation sites excluding steroid dienone is 2. The van der Waals surface area contributed by atoms with Crippen molar-refractivity contribution in [2.45, 2.75) is 50.7 Å². The third-order valence-corrected chi connectivity index (χ3v) is 6.33. The first-order chi connectivity index (χ1) is 13.1. The van der Waals surface area contributed by atoms with Crippen LogP contribution in [0.3, 0.4) is 0 Å². The Labute approximate surface area is 160 Å². The number of nitrogens with one attached hydrogen (secondary N) is 1. The third-order valence-electron chi connectivity index (χ3n) is 6.33. The summed E-state index contributed by atoms with van der Waals surface area (Å²) in [6.45, 7) is 4.46. The van der Waals surface area contributed by atoms with Gasteiger partial charge in [-0.2, -0.15) is 0 Å². The molecule has 146 valence electrons. The first kappa shape index (κ1) is 18.2. The molecule has 3 aliphatic rings. The number of nitrogen functional groups attached to an aromatic ring is 1. The van der Waals surface area contributed by atoms with E-state index in [-0.39, 0.29) is 17.6 Å². The second-order valence-electron chi connectivity index (χ2n) is 7.98. The summed E-state index contributed by atoms with van der Waals surface area (Å²) in [5, 5.41) is 3.15. The van der Waals surface area contributed by atoms with E-state index in [2.05, 4.69) is 26.3 Å². The fraction of sp³-hybridized carbons (Fsp3) is 0.650. The molecule has 0 unspecified atom stereocenters. The highest BCUT2D eigenvalue weighted by atomic mass is 16.5. The Morgan fingerprint density at radius 1 is 1.52 bits per heavy atom.